The van der Waals surface area contributed by atoms with Crippen molar-refractivity contribution >= 4 is 17.1 Å². The van der Waals surface area contributed by atoms with Gasteiger partial charge in [0.1, 0.15) is 0 Å². The molecule has 2 heterocycles. The third kappa shape index (κ3) is 4.51. The summed E-state index contributed by atoms with van der Waals surface area (Å²) in [4.78, 5) is 19.6. The number of fused-ring (bicyclic) bond motifs is 1. The molecule has 3 rings (SSSR count). The molecule has 1 aromatic carbocycles. The Balaban J connectivity index is 1.72. The molecule has 2 N–H and O–H groups in total. The maximum atomic E-state index is 12.5. The van der Waals surface area contributed by atoms with Crippen LogP contribution in [0.4, 0.5) is 5.95 Å². The second kappa shape index (κ2) is 8.77. The minimum atomic E-state index is -0.239. The maximum Gasteiger partial charge on any atom is 0.280 e. The molecular weight excluding hydrogens is 344 g/mol. The summed E-state index contributed by atoms with van der Waals surface area (Å²) in [7, 11) is 1.67. The van der Waals surface area contributed by atoms with E-state index in [9.17, 15) is 4.79 Å². The van der Waals surface area contributed by atoms with E-state index in [1.165, 1.54) is 11.1 Å². The first kappa shape index (κ1) is 19.0. The molecule has 0 unspecified atom stereocenters. The van der Waals surface area contributed by atoms with Gasteiger partial charge in [0.25, 0.3) is 5.56 Å². The highest BCUT2D eigenvalue weighted by molar-refractivity contribution is 5.69. The number of hydrogen-bond donors (Lipinski definition) is 2. The van der Waals surface area contributed by atoms with E-state index in [0.717, 1.165) is 24.8 Å². The van der Waals surface area contributed by atoms with Gasteiger partial charge < -0.3 is 10.1 Å². The van der Waals surface area contributed by atoms with Gasteiger partial charge in [-0.05, 0) is 42.9 Å². The number of aromatic nitrogens is 5. The van der Waals surface area contributed by atoms with Crippen LogP contribution in [0, 0.1) is 6.92 Å². The smallest absolute Gasteiger partial charge is 0.280 e. The number of anilines is 1. The summed E-state index contributed by atoms with van der Waals surface area (Å²) >= 11 is 0. The topological polar surface area (TPSA) is 97.7 Å². The van der Waals surface area contributed by atoms with E-state index in [4.69, 9.17) is 4.74 Å². The molecule has 0 radical (unpaired) electrons. The second-order valence-corrected chi connectivity index (χ2v) is 6.57. The van der Waals surface area contributed by atoms with Gasteiger partial charge in [-0.3, -0.25) is 9.78 Å². The standard InChI is InChI=1S/C19H26N6O2/c1-4-15-11-14(8-7-13(15)2)12-20-19-21-17-16(18(26)22-19)25(24-23-17)9-5-6-10-27-3/h7-8,11H,4-6,9-10,12H2,1-3H3,(H2,20,21,22,26). The second-order valence-electron chi connectivity index (χ2n) is 6.57. The van der Waals surface area contributed by atoms with E-state index in [1.54, 1.807) is 11.8 Å². The van der Waals surface area contributed by atoms with Gasteiger partial charge in [-0.15, -0.1) is 5.10 Å². The lowest BCUT2D eigenvalue weighted by Gasteiger charge is -2.09. The maximum absolute atomic E-state index is 12.5. The highest BCUT2D eigenvalue weighted by atomic mass is 16.5. The number of ether oxygens (including phenoxy) is 1. The average molecular weight is 370 g/mol. The number of H-pyrrole nitrogens is 1. The normalized spacial score (nSPS) is 11.2. The zero-order chi connectivity index (χ0) is 19.2. The SMILES string of the molecule is CCc1cc(CNc2nc3nnn(CCCCOC)c3c(=O)[nH]2)ccc1C. The number of hydrogen-bond acceptors (Lipinski definition) is 6. The third-order valence-electron chi connectivity index (χ3n) is 4.60. The molecule has 0 spiro atoms. The van der Waals surface area contributed by atoms with Crippen molar-refractivity contribution in [3.63, 3.8) is 0 Å². The number of benzene rings is 1. The Bertz CT molecular complexity index is 962. The van der Waals surface area contributed by atoms with Crippen LogP contribution in [-0.4, -0.2) is 38.7 Å². The quantitative estimate of drug-likeness (QED) is 0.562. The number of rotatable bonds is 9. The lowest BCUT2D eigenvalue weighted by atomic mass is 10.0. The average Bonchev–Trinajstić information content (AvgIpc) is 3.08. The zero-order valence-electron chi connectivity index (χ0n) is 16.1. The summed E-state index contributed by atoms with van der Waals surface area (Å²) < 4.78 is 6.64. The van der Waals surface area contributed by atoms with Crippen LogP contribution in [0.3, 0.4) is 0 Å². The fraction of sp³-hybridized carbons (Fsp3) is 0.474. The van der Waals surface area contributed by atoms with Gasteiger partial charge in [0.15, 0.2) is 5.52 Å². The Morgan fingerprint density at radius 3 is 2.93 bits per heavy atom. The fourth-order valence-corrected chi connectivity index (χ4v) is 3.05. The number of nitrogens with one attached hydrogen (secondary N) is 2. The Kier molecular flexibility index (Phi) is 6.18. The van der Waals surface area contributed by atoms with Gasteiger partial charge in [-0.1, -0.05) is 30.3 Å². The number of aromatic amines is 1. The van der Waals surface area contributed by atoms with Gasteiger partial charge in [0, 0.05) is 26.8 Å². The van der Waals surface area contributed by atoms with E-state index in [-0.39, 0.29) is 5.56 Å². The predicted octanol–water partition coefficient (Wildman–Crippen LogP) is 2.42. The monoisotopic (exact) mass is 370 g/mol. The molecule has 0 aliphatic rings. The number of unbranched alkanes of at least 4 members (excludes halogenated alkanes) is 1. The van der Waals surface area contributed by atoms with E-state index in [1.807, 2.05) is 0 Å². The van der Waals surface area contributed by atoms with Crippen molar-refractivity contribution < 1.29 is 4.74 Å². The van der Waals surface area contributed by atoms with Crippen molar-refractivity contribution in [1.29, 1.82) is 0 Å². The molecule has 2 aromatic heterocycles. The van der Waals surface area contributed by atoms with E-state index >= 15 is 0 Å². The Morgan fingerprint density at radius 1 is 1.30 bits per heavy atom. The first-order valence-electron chi connectivity index (χ1n) is 9.27. The van der Waals surface area contributed by atoms with Crippen molar-refractivity contribution in [2.45, 2.75) is 46.2 Å². The molecule has 8 nitrogen and oxygen atoms in total. The largest absolute Gasteiger partial charge is 0.385 e. The van der Waals surface area contributed by atoms with Crippen molar-refractivity contribution in [3.05, 3.63) is 45.2 Å². The molecule has 0 saturated heterocycles. The highest BCUT2D eigenvalue weighted by Gasteiger charge is 2.12. The molecular formula is C19H26N6O2. The first-order valence-corrected chi connectivity index (χ1v) is 9.27. The number of nitrogens with zero attached hydrogens (tertiary/aromatic N) is 4. The molecule has 0 saturated carbocycles. The Morgan fingerprint density at radius 2 is 2.15 bits per heavy atom. The lowest BCUT2D eigenvalue weighted by Crippen LogP contribution is -2.16. The zero-order valence-corrected chi connectivity index (χ0v) is 16.1. The van der Waals surface area contributed by atoms with Gasteiger partial charge in [0.05, 0.1) is 0 Å². The molecule has 0 atom stereocenters. The van der Waals surface area contributed by atoms with Crippen molar-refractivity contribution in [2.75, 3.05) is 19.0 Å². The van der Waals surface area contributed by atoms with Crippen LogP contribution in [0.5, 0.6) is 0 Å². The highest BCUT2D eigenvalue weighted by Crippen LogP contribution is 2.13. The summed E-state index contributed by atoms with van der Waals surface area (Å²) in [6.07, 6.45) is 2.76. The van der Waals surface area contributed by atoms with Crippen LogP contribution in [0.2, 0.25) is 0 Å². The lowest BCUT2D eigenvalue weighted by molar-refractivity contribution is 0.191. The van der Waals surface area contributed by atoms with Gasteiger partial charge in [0.2, 0.25) is 11.6 Å². The van der Waals surface area contributed by atoms with Gasteiger partial charge >= 0.3 is 0 Å². The molecule has 0 aliphatic heterocycles. The molecule has 0 amide bonds. The summed E-state index contributed by atoms with van der Waals surface area (Å²) in [5.74, 6) is 0.401. The van der Waals surface area contributed by atoms with Crippen LogP contribution in [-0.2, 0) is 24.2 Å². The molecule has 144 valence electrons. The summed E-state index contributed by atoms with van der Waals surface area (Å²) in [6, 6.07) is 6.37. The Hall–Kier alpha value is -2.74. The van der Waals surface area contributed by atoms with E-state index < -0.39 is 0 Å². The predicted molar refractivity (Wildman–Crippen MR) is 105 cm³/mol. The molecule has 27 heavy (non-hydrogen) atoms. The number of methoxy groups -OCH3 is 1. The molecule has 0 aliphatic carbocycles. The summed E-state index contributed by atoms with van der Waals surface area (Å²) in [5.41, 5.74) is 4.27. The molecule has 0 bridgehead atoms. The van der Waals surface area contributed by atoms with Crippen LogP contribution in [0.25, 0.3) is 11.2 Å². The van der Waals surface area contributed by atoms with Crippen LogP contribution in [0.1, 0.15) is 36.5 Å². The van der Waals surface area contributed by atoms with Gasteiger partial charge in [-0.25, -0.2) is 4.68 Å². The van der Waals surface area contributed by atoms with Crippen molar-refractivity contribution in [1.82, 2.24) is 25.0 Å². The molecule has 0 fully saturated rings. The van der Waals surface area contributed by atoms with E-state index in [2.05, 4.69) is 57.6 Å². The summed E-state index contributed by atoms with van der Waals surface area (Å²) in [5, 5.41) is 11.3. The van der Waals surface area contributed by atoms with Crippen LogP contribution < -0.4 is 10.9 Å². The fourth-order valence-electron chi connectivity index (χ4n) is 3.05. The molecule has 8 heteroatoms. The van der Waals surface area contributed by atoms with Gasteiger partial charge in [-0.2, -0.15) is 4.98 Å². The van der Waals surface area contributed by atoms with Crippen LogP contribution >= 0.6 is 0 Å². The summed E-state index contributed by atoms with van der Waals surface area (Å²) in [6.45, 7) is 6.13. The van der Waals surface area contributed by atoms with E-state index in [0.29, 0.717) is 36.8 Å². The van der Waals surface area contributed by atoms with Crippen LogP contribution in [0.15, 0.2) is 23.0 Å². The van der Waals surface area contributed by atoms with Crippen molar-refractivity contribution in [3.8, 4) is 0 Å². The number of aryl methyl sites for hydroxylation is 3. The minimum Gasteiger partial charge on any atom is -0.385 e. The third-order valence-corrected chi connectivity index (χ3v) is 4.60. The minimum absolute atomic E-state index is 0.239. The first-order chi connectivity index (χ1) is 13.1. The Labute approximate surface area is 158 Å². The van der Waals surface area contributed by atoms with Crippen molar-refractivity contribution in [2.24, 2.45) is 0 Å². The molecule has 3 aromatic rings.